The van der Waals surface area contributed by atoms with E-state index in [-0.39, 0.29) is 12.5 Å². The van der Waals surface area contributed by atoms with Crippen molar-refractivity contribution in [1.82, 2.24) is 0 Å². The number of aliphatic hydroxyl groups is 1. The van der Waals surface area contributed by atoms with Crippen molar-refractivity contribution in [2.75, 3.05) is 18.1 Å². The highest BCUT2D eigenvalue weighted by Gasteiger charge is 2.29. The minimum atomic E-state index is 0.250. The zero-order chi connectivity index (χ0) is 12.5. The first-order chi connectivity index (χ1) is 8.81. The van der Waals surface area contributed by atoms with Gasteiger partial charge in [0.25, 0.3) is 0 Å². The molecular weight excluding hydrogens is 222 g/mol. The van der Waals surface area contributed by atoms with Crippen molar-refractivity contribution >= 4 is 5.69 Å². The Kier molecular flexibility index (Phi) is 3.29. The van der Waals surface area contributed by atoms with E-state index in [4.69, 9.17) is 0 Å². The van der Waals surface area contributed by atoms with Gasteiger partial charge in [0.1, 0.15) is 0 Å². The fourth-order valence-corrected chi connectivity index (χ4v) is 3.64. The first-order valence-corrected chi connectivity index (χ1v) is 7.30. The van der Waals surface area contributed by atoms with Gasteiger partial charge in [-0.1, -0.05) is 31.9 Å². The normalized spacial score (nSPS) is 21.3. The Labute approximate surface area is 110 Å². The summed E-state index contributed by atoms with van der Waals surface area (Å²) in [7, 11) is 0. The molecule has 1 unspecified atom stereocenters. The molecule has 1 fully saturated rings. The fourth-order valence-electron chi connectivity index (χ4n) is 3.64. The monoisotopic (exact) mass is 245 g/mol. The van der Waals surface area contributed by atoms with Crippen molar-refractivity contribution in [2.24, 2.45) is 0 Å². The first-order valence-electron chi connectivity index (χ1n) is 7.30. The third-order valence-corrected chi connectivity index (χ3v) is 4.67. The largest absolute Gasteiger partial charge is 0.396 e. The summed E-state index contributed by atoms with van der Waals surface area (Å²) in [6, 6.07) is 7.39. The molecule has 0 amide bonds. The van der Waals surface area contributed by atoms with E-state index in [1.54, 1.807) is 0 Å². The molecule has 0 bridgehead atoms. The molecule has 3 rings (SSSR count). The average Bonchev–Trinajstić information content (AvgIpc) is 3.05. The Balaban J connectivity index is 1.92. The summed E-state index contributed by atoms with van der Waals surface area (Å²) < 4.78 is 0. The van der Waals surface area contributed by atoms with E-state index in [1.165, 1.54) is 49.0 Å². The van der Waals surface area contributed by atoms with Crippen LogP contribution in [0.2, 0.25) is 0 Å². The van der Waals surface area contributed by atoms with E-state index in [0.29, 0.717) is 0 Å². The lowest BCUT2D eigenvalue weighted by Gasteiger charge is -2.27. The Bertz CT molecular complexity index is 423. The van der Waals surface area contributed by atoms with Crippen LogP contribution in [0.25, 0.3) is 0 Å². The number of fused-ring (bicyclic) bond motifs is 1. The van der Waals surface area contributed by atoms with E-state index in [9.17, 15) is 5.11 Å². The van der Waals surface area contributed by atoms with Gasteiger partial charge >= 0.3 is 0 Å². The minimum absolute atomic E-state index is 0.250. The number of hydrogen-bond donors (Lipinski definition) is 1. The van der Waals surface area contributed by atoms with Crippen LogP contribution in [0, 0.1) is 0 Å². The molecule has 1 aromatic rings. The maximum atomic E-state index is 9.38. The molecule has 0 spiro atoms. The molecule has 1 saturated carbocycles. The molecule has 0 saturated heterocycles. The molecule has 2 aliphatic rings. The number of aliphatic hydroxyl groups excluding tert-OH is 1. The second-order valence-corrected chi connectivity index (χ2v) is 5.81. The van der Waals surface area contributed by atoms with E-state index < -0.39 is 0 Å². The molecule has 1 heterocycles. The lowest BCUT2D eigenvalue weighted by atomic mass is 9.95. The van der Waals surface area contributed by atoms with Gasteiger partial charge in [-0.2, -0.15) is 0 Å². The fraction of sp³-hybridized carbons (Fsp3) is 0.625. The number of nitrogens with zero attached hydrogens (tertiary/aromatic N) is 1. The topological polar surface area (TPSA) is 23.5 Å². The Hall–Kier alpha value is -1.02. The zero-order valence-electron chi connectivity index (χ0n) is 11.2. The van der Waals surface area contributed by atoms with Gasteiger partial charge in [0.2, 0.25) is 0 Å². The summed E-state index contributed by atoms with van der Waals surface area (Å²) in [5, 5.41) is 9.38. The summed E-state index contributed by atoms with van der Waals surface area (Å²) in [6.45, 7) is 3.54. The molecule has 2 heteroatoms. The summed E-state index contributed by atoms with van der Waals surface area (Å²) >= 11 is 0. The van der Waals surface area contributed by atoms with E-state index in [0.717, 1.165) is 12.5 Å². The van der Waals surface area contributed by atoms with E-state index >= 15 is 0 Å². The molecule has 18 heavy (non-hydrogen) atoms. The van der Waals surface area contributed by atoms with E-state index in [1.807, 2.05) is 0 Å². The minimum Gasteiger partial charge on any atom is -0.396 e. The maximum absolute atomic E-state index is 9.38. The second-order valence-electron chi connectivity index (χ2n) is 5.81. The van der Waals surface area contributed by atoms with Gasteiger partial charge in [-0.15, -0.1) is 0 Å². The second kappa shape index (κ2) is 4.93. The maximum Gasteiger partial charge on any atom is 0.0497 e. The average molecular weight is 245 g/mol. The third-order valence-electron chi connectivity index (χ3n) is 4.67. The molecule has 2 nitrogen and oxygen atoms in total. The van der Waals surface area contributed by atoms with Crippen molar-refractivity contribution in [3.8, 4) is 0 Å². The lowest BCUT2D eigenvalue weighted by Crippen LogP contribution is -2.31. The Morgan fingerprint density at radius 1 is 1.33 bits per heavy atom. The third kappa shape index (κ3) is 1.93. The van der Waals surface area contributed by atoms with Crippen LogP contribution in [0.5, 0.6) is 0 Å². The van der Waals surface area contributed by atoms with Crippen LogP contribution in [0.15, 0.2) is 18.2 Å². The van der Waals surface area contributed by atoms with Crippen LogP contribution in [-0.4, -0.2) is 24.3 Å². The van der Waals surface area contributed by atoms with Crippen LogP contribution >= 0.6 is 0 Å². The number of benzene rings is 1. The van der Waals surface area contributed by atoms with Gasteiger partial charge in [-0.25, -0.2) is 0 Å². The highest BCUT2D eigenvalue weighted by molar-refractivity contribution is 5.62. The van der Waals surface area contributed by atoms with Crippen molar-refractivity contribution in [1.29, 1.82) is 0 Å². The molecule has 1 atom stereocenters. The quantitative estimate of drug-likeness (QED) is 0.884. The van der Waals surface area contributed by atoms with Gasteiger partial charge in [0.15, 0.2) is 0 Å². The molecular formula is C16H23NO. The molecule has 1 aliphatic heterocycles. The van der Waals surface area contributed by atoms with Crippen molar-refractivity contribution in [2.45, 2.75) is 51.0 Å². The highest BCUT2D eigenvalue weighted by Crippen LogP contribution is 2.38. The Morgan fingerprint density at radius 2 is 2.11 bits per heavy atom. The molecule has 1 aliphatic carbocycles. The van der Waals surface area contributed by atoms with Gasteiger partial charge in [0.05, 0.1) is 0 Å². The number of hydrogen-bond acceptors (Lipinski definition) is 2. The van der Waals surface area contributed by atoms with Crippen LogP contribution in [-0.2, 0) is 6.42 Å². The molecule has 1 aromatic carbocycles. The van der Waals surface area contributed by atoms with Gasteiger partial charge < -0.3 is 10.0 Å². The lowest BCUT2D eigenvalue weighted by molar-refractivity contribution is 0.272. The zero-order valence-corrected chi connectivity index (χ0v) is 11.2. The van der Waals surface area contributed by atoms with Gasteiger partial charge in [0, 0.05) is 30.8 Å². The van der Waals surface area contributed by atoms with Gasteiger partial charge in [-0.3, -0.25) is 0 Å². The van der Waals surface area contributed by atoms with Gasteiger partial charge in [-0.05, 0) is 36.5 Å². The van der Waals surface area contributed by atoms with Crippen LogP contribution in [0.1, 0.15) is 49.7 Å². The molecule has 0 radical (unpaired) electrons. The Morgan fingerprint density at radius 3 is 2.83 bits per heavy atom. The van der Waals surface area contributed by atoms with Crippen LogP contribution < -0.4 is 4.90 Å². The molecule has 0 aromatic heterocycles. The van der Waals surface area contributed by atoms with Crippen molar-refractivity contribution in [3.05, 3.63) is 29.3 Å². The summed E-state index contributed by atoms with van der Waals surface area (Å²) in [6.07, 6.45) is 6.66. The number of anilines is 1. The summed E-state index contributed by atoms with van der Waals surface area (Å²) in [5.41, 5.74) is 4.29. The van der Waals surface area contributed by atoms with Crippen LogP contribution in [0.3, 0.4) is 0 Å². The first kappa shape index (κ1) is 12.0. The summed E-state index contributed by atoms with van der Waals surface area (Å²) in [4.78, 5) is 2.62. The highest BCUT2D eigenvalue weighted by atomic mass is 16.3. The SMILES string of the molecule is CC(CO)c1cccc2c1CCN2C1CCCC1. The van der Waals surface area contributed by atoms with Crippen LogP contribution in [0.4, 0.5) is 5.69 Å². The molecule has 98 valence electrons. The predicted octanol–water partition coefficient (Wildman–Crippen LogP) is 3.09. The smallest absolute Gasteiger partial charge is 0.0497 e. The van der Waals surface area contributed by atoms with E-state index in [2.05, 4.69) is 30.0 Å². The van der Waals surface area contributed by atoms with Crippen molar-refractivity contribution < 1.29 is 5.11 Å². The molecule has 1 N–H and O–H groups in total. The van der Waals surface area contributed by atoms with Crippen molar-refractivity contribution in [3.63, 3.8) is 0 Å². The summed E-state index contributed by atoms with van der Waals surface area (Å²) in [5.74, 6) is 0.267. The number of rotatable bonds is 3. The standard InChI is InChI=1S/C16H23NO/c1-12(11-18)14-7-4-8-16-15(14)9-10-17(16)13-5-2-3-6-13/h4,7-8,12-13,18H,2-3,5-6,9-11H2,1H3. The predicted molar refractivity (Wildman–Crippen MR) is 75.2 cm³/mol.